The van der Waals surface area contributed by atoms with Gasteiger partial charge >= 0.3 is 0 Å². The maximum Gasteiger partial charge on any atom is 0.264 e. The number of rotatable bonds is 11. The number of aryl methyl sites for hydroxylation is 2. The lowest BCUT2D eigenvalue weighted by Crippen LogP contribution is -2.41. The third-order valence-corrected chi connectivity index (χ3v) is 8.63. The maximum absolute atomic E-state index is 13.5. The van der Waals surface area contributed by atoms with Crippen molar-refractivity contribution in [3.63, 3.8) is 0 Å². The number of benzene rings is 3. The Morgan fingerprint density at radius 2 is 1.60 bits per heavy atom. The highest BCUT2D eigenvalue weighted by Gasteiger charge is 2.27. The highest BCUT2D eigenvalue weighted by Crippen LogP contribution is 2.26. The normalized spacial score (nSPS) is 11.5. The number of nitrogens with one attached hydrogen (secondary N) is 1. The highest BCUT2D eigenvalue weighted by molar-refractivity contribution is 7.98. The summed E-state index contributed by atoms with van der Waals surface area (Å²) in [6.07, 6.45) is 0. The Morgan fingerprint density at radius 3 is 2.23 bits per heavy atom. The van der Waals surface area contributed by atoms with Crippen molar-refractivity contribution in [3.8, 4) is 0 Å². The predicted octanol–water partition coefficient (Wildman–Crippen LogP) is 5.67. The first-order valence-electron chi connectivity index (χ1n) is 11.8. The van der Waals surface area contributed by atoms with Crippen LogP contribution in [0.5, 0.6) is 0 Å². The molecule has 0 saturated carbocycles. The Morgan fingerprint density at radius 1 is 0.943 bits per heavy atom. The maximum atomic E-state index is 13.5. The van der Waals surface area contributed by atoms with E-state index in [2.05, 4.69) is 38.2 Å². The molecule has 35 heavy (non-hydrogen) atoms. The lowest BCUT2D eigenvalue weighted by Gasteiger charge is -2.24. The van der Waals surface area contributed by atoms with Crippen molar-refractivity contribution in [2.75, 3.05) is 23.1 Å². The molecule has 0 aliphatic rings. The summed E-state index contributed by atoms with van der Waals surface area (Å²) in [4.78, 5) is 13.0. The van der Waals surface area contributed by atoms with E-state index in [9.17, 15) is 13.2 Å². The van der Waals surface area contributed by atoms with Gasteiger partial charge in [-0.15, -0.1) is 0 Å². The first-order valence-corrected chi connectivity index (χ1v) is 14.4. The molecule has 0 aliphatic carbocycles. The average Bonchev–Trinajstić information content (AvgIpc) is 2.83. The monoisotopic (exact) mass is 510 g/mol. The fourth-order valence-electron chi connectivity index (χ4n) is 3.58. The molecular weight excluding hydrogens is 476 g/mol. The summed E-state index contributed by atoms with van der Waals surface area (Å²) in [5.41, 5.74) is 5.09. The van der Waals surface area contributed by atoms with Gasteiger partial charge < -0.3 is 5.32 Å². The molecule has 3 aromatic rings. The summed E-state index contributed by atoms with van der Waals surface area (Å²) in [6.45, 7) is 8.36. The zero-order valence-corrected chi connectivity index (χ0v) is 22.5. The van der Waals surface area contributed by atoms with Crippen molar-refractivity contribution in [1.82, 2.24) is 5.32 Å². The van der Waals surface area contributed by atoms with Crippen LogP contribution in [-0.4, -0.2) is 33.2 Å². The molecule has 0 aromatic heterocycles. The van der Waals surface area contributed by atoms with E-state index in [0.29, 0.717) is 18.2 Å². The van der Waals surface area contributed by atoms with Crippen LogP contribution in [-0.2, 0) is 20.6 Å². The van der Waals surface area contributed by atoms with E-state index in [1.165, 1.54) is 15.4 Å². The van der Waals surface area contributed by atoms with Crippen molar-refractivity contribution in [3.05, 3.63) is 95.1 Å². The molecule has 0 heterocycles. The Balaban J connectivity index is 1.68. The van der Waals surface area contributed by atoms with Gasteiger partial charge in [0.05, 0.1) is 10.6 Å². The van der Waals surface area contributed by atoms with E-state index in [-0.39, 0.29) is 17.3 Å². The van der Waals surface area contributed by atoms with Crippen LogP contribution in [0.4, 0.5) is 5.69 Å². The number of carbonyl (C=O) groups excluding carboxylic acids is 1. The second kappa shape index (κ2) is 12.3. The van der Waals surface area contributed by atoms with E-state index in [4.69, 9.17) is 0 Å². The van der Waals surface area contributed by atoms with Crippen LogP contribution in [0, 0.1) is 13.8 Å². The van der Waals surface area contributed by atoms with Crippen molar-refractivity contribution in [1.29, 1.82) is 0 Å². The Labute approximate surface area is 214 Å². The first kappa shape index (κ1) is 26.8. The van der Waals surface area contributed by atoms with Gasteiger partial charge in [0.25, 0.3) is 10.0 Å². The van der Waals surface area contributed by atoms with E-state index in [1.54, 1.807) is 48.2 Å². The van der Waals surface area contributed by atoms with Crippen molar-refractivity contribution < 1.29 is 13.2 Å². The molecule has 1 N–H and O–H groups in total. The minimum absolute atomic E-state index is 0.164. The molecule has 0 radical (unpaired) electrons. The molecular formula is C28H34N2O3S2. The SMILES string of the molecule is Cc1ccc(S(=O)(=O)N(CC(=O)NCCSCc2ccccc2C)c2ccc(C(C)C)cc2)cc1. The summed E-state index contributed by atoms with van der Waals surface area (Å²) in [6, 6.07) is 22.3. The number of thioether (sulfide) groups is 1. The minimum Gasteiger partial charge on any atom is -0.354 e. The van der Waals surface area contributed by atoms with Crippen LogP contribution in [0.15, 0.2) is 77.7 Å². The van der Waals surface area contributed by atoms with Crippen LogP contribution in [0.25, 0.3) is 0 Å². The van der Waals surface area contributed by atoms with Crippen LogP contribution in [0.2, 0.25) is 0 Å². The Bertz CT molecular complexity index is 1220. The van der Waals surface area contributed by atoms with Crippen LogP contribution in [0.3, 0.4) is 0 Å². The highest BCUT2D eigenvalue weighted by atomic mass is 32.2. The van der Waals surface area contributed by atoms with Gasteiger partial charge in [-0.25, -0.2) is 8.42 Å². The number of anilines is 1. The molecule has 3 aromatic carbocycles. The van der Waals surface area contributed by atoms with Crippen molar-refractivity contribution in [2.24, 2.45) is 0 Å². The van der Waals surface area contributed by atoms with Gasteiger partial charge in [-0.05, 0) is 60.7 Å². The van der Waals surface area contributed by atoms with E-state index >= 15 is 0 Å². The van der Waals surface area contributed by atoms with E-state index in [0.717, 1.165) is 22.6 Å². The second-order valence-electron chi connectivity index (χ2n) is 8.90. The van der Waals surface area contributed by atoms with Crippen LogP contribution < -0.4 is 9.62 Å². The third-order valence-electron chi connectivity index (χ3n) is 5.83. The van der Waals surface area contributed by atoms with Gasteiger partial charge in [0.15, 0.2) is 0 Å². The largest absolute Gasteiger partial charge is 0.354 e. The van der Waals surface area contributed by atoms with Gasteiger partial charge in [0.1, 0.15) is 6.54 Å². The summed E-state index contributed by atoms with van der Waals surface area (Å²) in [5.74, 6) is 1.61. The van der Waals surface area contributed by atoms with Gasteiger partial charge in [-0.2, -0.15) is 11.8 Å². The zero-order chi connectivity index (χ0) is 25.4. The molecule has 5 nitrogen and oxygen atoms in total. The van der Waals surface area contributed by atoms with E-state index < -0.39 is 10.0 Å². The van der Waals surface area contributed by atoms with E-state index in [1.807, 2.05) is 31.2 Å². The smallest absolute Gasteiger partial charge is 0.264 e. The first-order chi connectivity index (χ1) is 16.7. The lowest BCUT2D eigenvalue weighted by molar-refractivity contribution is -0.119. The third kappa shape index (κ3) is 7.36. The number of carbonyl (C=O) groups is 1. The molecule has 7 heteroatoms. The number of sulfonamides is 1. The van der Waals surface area contributed by atoms with Crippen molar-refractivity contribution >= 4 is 33.4 Å². The van der Waals surface area contributed by atoms with Gasteiger partial charge in [0, 0.05) is 18.1 Å². The number of hydrogen-bond donors (Lipinski definition) is 1. The van der Waals surface area contributed by atoms with Gasteiger partial charge in [0.2, 0.25) is 5.91 Å². The van der Waals surface area contributed by atoms with Crippen molar-refractivity contribution in [2.45, 2.75) is 44.3 Å². The fraction of sp³-hybridized carbons (Fsp3) is 0.321. The summed E-state index contributed by atoms with van der Waals surface area (Å²) in [5, 5.41) is 2.88. The molecule has 0 spiro atoms. The average molecular weight is 511 g/mol. The minimum atomic E-state index is -3.91. The molecule has 0 aliphatic heterocycles. The molecule has 0 saturated heterocycles. The standard InChI is InChI=1S/C28H34N2O3S2/c1-21(2)24-11-13-26(14-12-24)30(35(32,33)27-15-9-22(3)10-16-27)19-28(31)29-17-18-34-20-25-8-6-5-7-23(25)4/h5-16,21H,17-20H2,1-4H3,(H,29,31). The lowest BCUT2D eigenvalue weighted by atomic mass is 10.0. The molecule has 1 amide bonds. The molecule has 3 rings (SSSR count). The molecule has 186 valence electrons. The topological polar surface area (TPSA) is 66.5 Å². The predicted molar refractivity (Wildman–Crippen MR) is 147 cm³/mol. The van der Waals surface area contributed by atoms with Gasteiger partial charge in [-0.3, -0.25) is 9.10 Å². The summed E-state index contributed by atoms with van der Waals surface area (Å²) < 4.78 is 28.2. The summed E-state index contributed by atoms with van der Waals surface area (Å²) in [7, 11) is -3.91. The summed E-state index contributed by atoms with van der Waals surface area (Å²) >= 11 is 1.74. The zero-order valence-electron chi connectivity index (χ0n) is 20.8. The second-order valence-corrected chi connectivity index (χ2v) is 11.9. The molecule has 0 bridgehead atoms. The van der Waals surface area contributed by atoms with Crippen LogP contribution >= 0.6 is 11.8 Å². The number of hydrogen-bond acceptors (Lipinski definition) is 4. The van der Waals surface area contributed by atoms with Gasteiger partial charge in [-0.1, -0.05) is 67.9 Å². The number of amides is 1. The quantitative estimate of drug-likeness (QED) is 0.338. The Hall–Kier alpha value is -2.77. The molecule has 0 atom stereocenters. The van der Waals surface area contributed by atoms with Crippen LogP contribution in [0.1, 0.15) is 42.0 Å². The fourth-order valence-corrected chi connectivity index (χ4v) is 5.94. The number of nitrogens with zero attached hydrogens (tertiary/aromatic N) is 1. The Kier molecular flexibility index (Phi) is 9.40. The molecule has 0 fully saturated rings. The molecule has 0 unspecified atom stereocenters.